The summed E-state index contributed by atoms with van der Waals surface area (Å²) in [6.45, 7) is 37.8. The predicted octanol–water partition coefficient (Wildman–Crippen LogP) is 18.2. The van der Waals surface area contributed by atoms with Crippen LogP contribution in [-0.2, 0) is 32.5 Å². The van der Waals surface area contributed by atoms with Gasteiger partial charge in [-0.2, -0.15) is 0 Å². The third-order valence-electron chi connectivity index (χ3n) is 14.9. The molecule has 0 atom stereocenters. The van der Waals surface area contributed by atoms with Gasteiger partial charge in [0.05, 0.1) is 0 Å². The van der Waals surface area contributed by atoms with Crippen LogP contribution in [0.15, 0.2) is 133 Å². The van der Waals surface area contributed by atoms with E-state index in [9.17, 15) is 0 Å². The van der Waals surface area contributed by atoms with E-state index < -0.39 is 0 Å². The lowest BCUT2D eigenvalue weighted by atomic mass is 9.76. The van der Waals surface area contributed by atoms with Crippen molar-refractivity contribution in [3.05, 3.63) is 178 Å². The molecule has 7 aromatic carbocycles. The summed E-state index contributed by atoms with van der Waals surface area (Å²) in [4.78, 5) is 0. The molecule has 0 N–H and O–H groups in total. The zero-order valence-electron chi connectivity index (χ0n) is 41.7. The zero-order valence-corrected chi connectivity index (χ0v) is 41.7. The maximum atomic E-state index is 2.52. The van der Waals surface area contributed by atoms with Crippen LogP contribution in [0, 0.1) is 0 Å². The second kappa shape index (κ2) is 14.5. The highest BCUT2D eigenvalue weighted by Crippen LogP contribution is 2.57. The van der Waals surface area contributed by atoms with Crippen molar-refractivity contribution in [1.82, 2.24) is 0 Å². The molecule has 0 aliphatic heterocycles. The summed E-state index contributed by atoms with van der Waals surface area (Å²) >= 11 is 0. The maximum Gasteiger partial charge on any atom is 0.0159 e. The van der Waals surface area contributed by atoms with Gasteiger partial charge < -0.3 is 0 Å². The summed E-state index contributed by atoms with van der Waals surface area (Å²) in [6, 6.07) is 52.2. The van der Waals surface area contributed by atoms with Gasteiger partial charge in [0.25, 0.3) is 0 Å². The number of fused-ring (bicyclic) bond motifs is 6. The van der Waals surface area contributed by atoms with Crippen molar-refractivity contribution in [1.29, 1.82) is 0 Å². The average Bonchev–Trinajstić information content (AvgIpc) is 3.60. The molecule has 0 heterocycles. The van der Waals surface area contributed by atoms with Crippen molar-refractivity contribution in [3.8, 4) is 66.8 Å². The Labute approximate surface area is 386 Å². The van der Waals surface area contributed by atoms with Crippen molar-refractivity contribution in [3.63, 3.8) is 0 Å². The third kappa shape index (κ3) is 7.12. The minimum atomic E-state index is -0.129. The summed E-state index contributed by atoms with van der Waals surface area (Å²) in [6.07, 6.45) is 0. The van der Waals surface area contributed by atoms with Crippen molar-refractivity contribution in [2.24, 2.45) is 0 Å². The van der Waals surface area contributed by atoms with Crippen molar-refractivity contribution < 1.29 is 0 Å². The lowest BCUT2D eigenvalue weighted by molar-refractivity contribution is 0.579. The predicted molar refractivity (Wildman–Crippen MR) is 278 cm³/mol. The van der Waals surface area contributed by atoms with Crippen LogP contribution < -0.4 is 0 Å². The van der Waals surface area contributed by atoms with Crippen LogP contribution in [0.1, 0.15) is 155 Å². The minimum absolute atomic E-state index is 0.0150. The van der Waals surface area contributed by atoms with Crippen LogP contribution in [0.4, 0.5) is 0 Å². The largest absolute Gasteiger partial charge is 0.0616 e. The van der Waals surface area contributed by atoms with E-state index >= 15 is 0 Å². The lowest BCUT2D eigenvalue weighted by Crippen LogP contribution is -2.19. The van der Waals surface area contributed by atoms with E-state index in [0.29, 0.717) is 0 Å². The SMILES string of the molecule is CC(C)(C)c1ccc2c(c1)C(C)(C)c1cc(C(C)(C)C)cc(-c3ccccc3-c3cccc(-c4ccccc4-c4cc(C(C)(C)C)cc5c4-c4ccc(C(C)(C)C)cc4C5(C)C)c3)c1-2. The molecule has 0 aromatic heterocycles. The van der Waals surface area contributed by atoms with E-state index in [1.807, 2.05) is 0 Å². The topological polar surface area (TPSA) is 0 Å². The van der Waals surface area contributed by atoms with E-state index in [1.54, 1.807) is 0 Å². The second-order valence-corrected chi connectivity index (χ2v) is 24.3. The standard InChI is InChI=1S/C64H70/c1-59(2,3)41-28-30-49-53(35-41)63(13,14)55-37-43(61(7,8)9)33-51(57(49)55)47-26-19-17-24-45(47)39-22-21-23-40(32-39)46-25-18-20-27-48(46)52-34-44(62(10,11)12)38-56-58(52)50-31-29-42(60(4,5)6)36-54(50)64(56,15)16/h17-38H,1-16H3. The first-order valence-corrected chi connectivity index (χ1v) is 23.8. The average molecular weight is 839 g/mol. The molecule has 2 aliphatic rings. The molecule has 2 aliphatic carbocycles. The molecule has 326 valence electrons. The van der Waals surface area contributed by atoms with Gasteiger partial charge in [-0.05, 0) is 151 Å². The van der Waals surface area contributed by atoms with Gasteiger partial charge in [0, 0.05) is 10.8 Å². The Morgan fingerprint density at radius 2 is 0.594 bits per heavy atom. The summed E-state index contributed by atoms with van der Waals surface area (Å²) in [5.41, 5.74) is 26.8. The van der Waals surface area contributed by atoms with Crippen LogP contribution in [0.2, 0.25) is 0 Å². The zero-order chi connectivity index (χ0) is 46.1. The Bertz CT molecular complexity index is 2800. The summed E-state index contributed by atoms with van der Waals surface area (Å²) in [7, 11) is 0. The Kier molecular flexibility index (Phi) is 9.93. The van der Waals surface area contributed by atoms with Crippen molar-refractivity contribution in [2.45, 2.75) is 143 Å². The van der Waals surface area contributed by atoms with Crippen LogP contribution in [0.3, 0.4) is 0 Å². The Hall–Kier alpha value is -5.46. The molecule has 0 nitrogen and oxygen atoms in total. The summed E-state index contributed by atoms with van der Waals surface area (Å²) in [5.74, 6) is 0. The van der Waals surface area contributed by atoms with E-state index in [2.05, 4.69) is 244 Å². The molecule has 0 unspecified atom stereocenters. The molecule has 64 heavy (non-hydrogen) atoms. The molecule has 0 bridgehead atoms. The van der Waals surface area contributed by atoms with Gasteiger partial charge >= 0.3 is 0 Å². The molecule has 9 rings (SSSR count). The number of rotatable bonds is 4. The highest BCUT2D eigenvalue weighted by atomic mass is 14.4. The molecule has 0 heteroatoms. The second-order valence-electron chi connectivity index (χ2n) is 24.3. The molecule has 0 fully saturated rings. The van der Waals surface area contributed by atoms with Crippen LogP contribution >= 0.6 is 0 Å². The molecule has 0 saturated carbocycles. The van der Waals surface area contributed by atoms with Crippen LogP contribution in [0.5, 0.6) is 0 Å². The van der Waals surface area contributed by atoms with Gasteiger partial charge in [-0.3, -0.25) is 0 Å². The van der Waals surface area contributed by atoms with Gasteiger partial charge in [-0.15, -0.1) is 0 Å². The fourth-order valence-corrected chi connectivity index (χ4v) is 10.7. The highest BCUT2D eigenvalue weighted by molar-refractivity contribution is 6.00. The van der Waals surface area contributed by atoms with E-state index in [1.165, 1.54) is 111 Å². The smallest absolute Gasteiger partial charge is 0.0159 e. The van der Waals surface area contributed by atoms with Crippen molar-refractivity contribution in [2.75, 3.05) is 0 Å². The maximum absolute atomic E-state index is 2.52. The highest BCUT2D eigenvalue weighted by Gasteiger charge is 2.41. The first kappa shape index (κ1) is 43.8. The van der Waals surface area contributed by atoms with Crippen LogP contribution in [-0.4, -0.2) is 0 Å². The van der Waals surface area contributed by atoms with Gasteiger partial charge in [-0.1, -0.05) is 226 Å². The lowest BCUT2D eigenvalue weighted by Gasteiger charge is -2.28. The van der Waals surface area contributed by atoms with Crippen LogP contribution in [0.25, 0.3) is 66.8 Å². The Balaban J connectivity index is 1.24. The molecular weight excluding hydrogens is 769 g/mol. The quantitative estimate of drug-likeness (QED) is 0.166. The minimum Gasteiger partial charge on any atom is -0.0616 e. The number of hydrogen-bond donors (Lipinski definition) is 0. The summed E-state index contributed by atoms with van der Waals surface area (Å²) in [5, 5.41) is 0. The monoisotopic (exact) mass is 839 g/mol. The molecule has 0 radical (unpaired) electrons. The summed E-state index contributed by atoms with van der Waals surface area (Å²) < 4.78 is 0. The van der Waals surface area contributed by atoms with Gasteiger partial charge in [0.2, 0.25) is 0 Å². The van der Waals surface area contributed by atoms with E-state index in [-0.39, 0.29) is 32.5 Å². The number of benzene rings is 7. The first-order chi connectivity index (χ1) is 29.8. The fourth-order valence-electron chi connectivity index (χ4n) is 10.7. The third-order valence-corrected chi connectivity index (χ3v) is 14.9. The first-order valence-electron chi connectivity index (χ1n) is 23.8. The Morgan fingerprint density at radius 1 is 0.266 bits per heavy atom. The van der Waals surface area contributed by atoms with Gasteiger partial charge in [0.1, 0.15) is 0 Å². The molecule has 0 saturated heterocycles. The van der Waals surface area contributed by atoms with E-state index in [4.69, 9.17) is 0 Å². The Morgan fingerprint density at radius 3 is 0.938 bits per heavy atom. The van der Waals surface area contributed by atoms with E-state index in [0.717, 1.165) is 0 Å². The normalized spacial score (nSPS) is 15.1. The number of hydrogen-bond acceptors (Lipinski definition) is 0. The van der Waals surface area contributed by atoms with Gasteiger partial charge in [0.15, 0.2) is 0 Å². The molecular formula is C64H70. The molecule has 0 amide bonds. The molecule has 7 aromatic rings. The van der Waals surface area contributed by atoms with Crippen molar-refractivity contribution >= 4 is 0 Å². The fraction of sp³-hybridized carbons (Fsp3) is 0.344. The van der Waals surface area contributed by atoms with Gasteiger partial charge in [-0.25, -0.2) is 0 Å². The molecule has 0 spiro atoms.